The quantitative estimate of drug-likeness (QED) is 0.326. The molecule has 0 unspecified atom stereocenters. The van der Waals surface area contributed by atoms with E-state index in [-0.39, 0.29) is 17.2 Å². The molecule has 0 aliphatic carbocycles. The van der Waals surface area contributed by atoms with Crippen molar-refractivity contribution in [2.75, 3.05) is 11.9 Å². The fraction of sp³-hybridized carbons (Fsp3) is 0.300. The third-order valence-electron chi connectivity index (χ3n) is 6.32. The van der Waals surface area contributed by atoms with Gasteiger partial charge in [-0.1, -0.05) is 87.9 Å². The molecule has 2 aromatic heterocycles. The van der Waals surface area contributed by atoms with Gasteiger partial charge in [-0.15, -0.1) is 0 Å². The van der Waals surface area contributed by atoms with Crippen LogP contribution in [0, 0.1) is 6.92 Å². The Labute approximate surface area is 213 Å². The molecule has 0 fully saturated rings. The van der Waals surface area contributed by atoms with Crippen molar-refractivity contribution in [3.63, 3.8) is 0 Å². The molecule has 0 spiro atoms. The van der Waals surface area contributed by atoms with E-state index in [1.54, 1.807) is 12.5 Å². The first-order chi connectivity index (χ1) is 17.2. The Hall–Kier alpha value is -3.77. The summed E-state index contributed by atoms with van der Waals surface area (Å²) in [4.78, 5) is 22.3. The van der Waals surface area contributed by atoms with Crippen molar-refractivity contribution in [2.45, 2.75) is 52.0 Å². The molecule has 2 N–H and O–H groups in total. The summed E-state index contributed by atoms with van der Waals surface area (Å²) in [7, 11) is 0. The van der Waals surface area contributed by atoms with Crippen molar-refractivity contribution in [3.8, 4) is 5.69 Å². The normalized spacial score (nSPS) is 13.2. The molecule has 0 aliphatic rings. The molecule has 0 saturated carbocycles. The van der Waals surface area contributed by atoms with Crippen LogP contribution < -0.4 is 10.6 Å². The summed E-state index contributed by atoms with van der Waals surface area (Å²) >= 11 is 0. The number of aromatic nitrogens is 3. The van der Waals surface area contributed by atoms with E-state index < -0.39 is 6.04 Å². The van der Waals surface area contributed by atoms with Gasteiger partial charge in [-0.05, 0) is 36.1 Å². The van der Waals surface area contributed by atoms with Gasteiger partial charge in [0.2, 0.25) is 5.91 Å². The van der Waals surface area contributed by atoms with E-state index in [2.05, 4.69) is 79.5 Å². The second-order valence-electron chi connectivity index (χ2n) is 10.4. The highest BCUT2D eigenvalue weighted by atomic mass is 16.2. The van der Waals surface area contributed by atoms with E-state index in [0.717, 1.165) is 16.9 Å². The minimum absolute atomic E-state index is 0.0248. The molecule has 4 rings (SSSR count). The molecular weight excluding hydrogens is 446 g/mol. The van der Waals surface area contributed by atoms with Gasteiger partial charge in [-0.2, -0.15) is 0 Å². The molecule has 2 heterocycles. The van der Waals surface area contributed by atoms with E-state index >= 15 is 0 Å². The predicted molar refractivity (Wildman–Crippen MR) is 145 cm³/mol. The number of carbonyl (C=O) groups is 1. The zero-order valence-corrected chi connectivity index (χ0v) is 21.7. The third kappa shape index (κ3) is 6.26. The van der Waals surface area contributed by atoms with Gasteiger partial charge in [0, 0.05) is 18.2 Å². The lowest BCUT2D eigenvalue weighted by Crippen LogP contribution is -2.35. The van der Waals surface area contributed by atoms with Gasteiger partial charge in [0.15, 0.2) is 0 Å². The van der Waals surface area contributed by atoms with Crippen LogP contribution in [0.2, 0.25) is 0 Å². The van der Waals surface area contributed by atoms with Gasteiger partial charge in [0.25, 0.3) is 0 Å². The zero-order chi connectivity index (χ0) is 25.7. The number of hydrogen-bond acceptors (Lipinski definition) is 4. The number of amides is 1. The van der Waals surface area contributed by atoms with E-state index in [1.165, 1.54) is 11.1 Å². The largest absolute Gasteiger partial charge is 0.309 e. The molecular formula is C30H35N5O. The van der Waals surface area contributed by atoms with Crippen LogP contribution in [-0.4, -0.2) is 27.0 Å². The van der Waals surface area contributed by atoms with Crippen LogP contribution in [0.1, 0.15) is 62.0 Å². The van der Waals surface area contributed by atoms with Crippen LogP contribution in [0.3, 0.4) is 0 Å². The van der Waals surface area contributed by atoms with Gasteiger partial charge in [-0.25, -0.2) is 9.97 Å². The molecule has 0 saturated heterocycles. The number of rotatable bonds is 8. The number of nitrogens with one attached hydrogen (secondary N) is 2. The van der Waals surface area contributed by atoms with E-state index in [9.17, 15) is 4.79 Å². The fourth-order valence-corrected chi connectivity index (χ4v) is 3.98. The average molecular weight is 482 g/mol. The maximum absolute atomic E-state index is 13.3. The Kier molecular flexibility index (Phi) is 7.65. The second-order valence-corrected chi connectivity index (χ2v) is 10.4. The monoisotopic (exact) mass is 481 g/mol. The van der Waals surface area contributed by atoms with Crippen molar-refractivity contribution < 1.29 is 4.79 Å². The summed E-state index contributed by atoms with van der Waals surface area (Å²) in [6.07, 6.45) is 5.55. The van der Waals surface area contributed by atoms with Gasteiger partial charge in [0.1, 0.15) is 11.9 Å². The summed E-state index contributed by atoms with van der Waals surface area (Å²) in [5.41, 5.74) is 5.27. The second kappa shape index (κ2) is 10.9. The number of aryl methyl sites for hydroxylation is 1. The first-order valence-corrected chi connectivity index (χ1v) is 12.4. The standard InChI is InChI=1S/C30H35N5O/c1-21-11-13-23(14-12-21)22(2)17-32-28(24-9-7-6-8-10-24)29(36)34-27-16-15-25(18-31-27)35-19-26(33-20-35)30(3,4)5/h6-16,18-20,22,28,32H,17H2,1-5H3,(H,31,34,36)/t22-,28+/m0/s1. The summed E-state index contributed by atoms with van der Waals surface area (Å²) in [5.74, 6) is 0.625. The highest BCUT2D eigenvalue weighted by Crippen LogP contribution is 2.22. The molecule has 0 bridgehead atoms. The van der Waals surface area contributed by atoms with Crippen molar-refractivity contribution in [2.24, 2.45) is 0 Å². The summed E-state index contributed by atoms with van der Waals surface area (Å²) in [5, 5.41) is 6.45. The number of carbonyl (C=O) groups excluding carboxylic acids is 1. The number of pyridine rings is 1. The highest BCUT2D eigenvalue weighted by molar-refractivity contribution is 5.94. The van der Waals surface area contributed by atoms with Crippen LogP contribution in [0.25, 0.3) is 5.69 Å². The van der Waals surface area contributed by atoms with Crippen LogP contribution in [0.4, 0.5) is 5.82 Å². The van der Waals surface area contributed by atoms with E-state index in [1.807, 2.05) is 53.2 Å². The van der Waals surface area contributed by atoms with Crippen LogP contribution in [0.5, 0.6) is 0 Å². The van der Waals surface area contributed by atoms with Crippen LogP contribution >= 0.6 is 0 Å². The maximum Gasteiger partial charge on any atom is 0.247 e. The molecule has 36 heavy (non-hydrogen) atoms. The number of benzene rings is 2. The Morgan fingerprint density at radius 1 is 0.944 bits per heavy atom. The lowest BCUT2D eigenvalue weighted by atomic mass is 9.93. The molecule has 186 valence electrons. The number of imidazole rings is 1. The lowest BCUT2D eigenvalue weighted by molar-refractivity contribution is -0.118. The Morgan fingerprint density at radius 3 is 2.28 bits per heavy atom. The van der Waals surface area contributed by atoms with Gasteiger partial charge in [0.05, 0.1) is 23.9 Å². The highest BCUT2D eigenvalue weighted by Gasteiger charge is 2.22. The minimum atomic E-state index is -0.497. The Balaban J connectivity index is 1.46. The zero-order valence-electron chi connectivity index (χ0n) is 21.7. The number of nitrogens with zero attached hydrogens (tertiary/aromatic N) is 3. The topological polar surface area (TPSA) is 71.8 Å². The van der Waals surface area contributed by atoms with E-state index in [0.29, 0.717) is 12.4 Å². The molecule has 1 amide bonds. The molecule has 4 aromatic rings. The molecule has 0 radical (unpaired) electrons. The van der Waals surface area contributed by atoms with Crippen molar-refractivity contribution in [3.05, 3.63) is 108 Å². The molecule has 2 atom stereocenters. The Morgan fingerprint density at radius 2 is 1.67 bits per heavy atom. The van der Waals surface area contributed by atoms with Crippen molar-refractivity contribution in [1.82, 2.24) is 19.9 Å². The van der Waals surface area contributed by atoms with E-state index in [4.69, 9.17) is 0 Å². The molecule has 6 heteroatoms. The first-order valence-electron chi connectivity index (χ1n) is 12.4. The molecule has 0 aliphatic heterocycles. The van der Waals surface area contributed by atoms with Crippen molar-refractivity contribution in [1.29, 1.82) is 0 Å². The summed E-state index contributed by atoms with van der Waals surface area (Å²) in [6.45, 7) is 11.3. The van der Waals surface area contributed by atoms with Gasteiger partial charge in [-0.3, -0.25) is 4.79 Å². The average Bonchev–Trinajstić information content (AvgIpc) is 3.37. The first kappa shape index (κ1) is 25.3. The van der Waals surface area contributed by atoms with Crippen molar-refractivity contribution >= 4 is 11.7 Å². The smallest absolute Gasteiger partial charge is 0.247 e. The lowest BCUT2D eigenvalue weighted by Gasteiger charge is -2.21. The third-order valence-corrected chi connectivity index (χ3v) is 6.32. The maximum atomic E-state index is 13.3. The summed E-state index contributed by atoms with van der Waals surface area (Å²) in [6, 6.07) is 21.6. The number of hydrogen-bond donors (Lipinski definition) is 2. The summed E-state index contributed by atoms with van der Waals surface area (Å²) < 4.78 is 1.94. The molecule has 2 aromatic carbocycles. The molecule has 6 nitrogen and oxygen atoms in total. The number of anilines is 1. The van der Waals surface area contributed by atoms with Gasteiger partial charge < -0.3 is 15.2 Å². The fourth-order valence-electron chi connectivity index (χ4n) is 3.98. The predicted octanol–water partition coefficient (Wildman–Crippen LogP) is 5.95. The van der Waals surface area contributed by atoms with Crippen LogP contribution in [-0.2, 0) is 10.2 Å². The SMILES string of the molecule is Cc1ccc([C@@H](C)CN[C@@H](C(=O)Nc2ccc(-n3cnc(C(C)(C)C)c3)cn2)c2ccccc2)cc1. The van der Waals surface area contributed by atoms with Gasteiger partial charge >= 0.3 is 0 Å². The van der Waals surface area contributed by atoms with Crippen LogP contribution in [0.15, 0.2) is 85.5 Å². The Bertz CT molecular complexity index is 1270. The minimum Gasteiger partial charge on any atom is -0.309 e.